The van der Waals surface area contributed by atoms with Crippen LogP contribution in [-0.4, -0.2) is 9.38 Å². The lowest BCUT2D eigenvalue weighted by molar-refractivity contribution is 1.07. The molecule has 0 unspecified atom stereocenters. The minimum atomic E-state index is 0.758. The number of anilines is 1. The van der Waals surface area contributed by atoms with Crippen LogP contribution < -0.4 is 5.32 Å². The Bertz CT molecular complexity index is 1080. The quantitative estimate of drug-likeness (QED) is 0.490. The minimum Gasteiger partial charge on any atom is -0.365 e. The number of rotatable bonds is 5. The molecular weight excluding hydrogens is 330 g/mol. The van der Waals surface area contributed by atoms with Crippen LogP contribution in [0.4, 0.5) is 5.82 Å². The molecule has 4 aromatic rings. The number of allylic oxidation sites excluding steroid dienone is 1. The molecule has 0 aliphatic carbocycles. The van der Waals surface area contributed by atoms with Crippen molar-refractivity contribution < 1.29 is 0 Å². The van der Waals surface area contributed by atoms with E-state index in [2.05, 4.69) is 96.5 Å². The van der Waals surface area contributed by atoms with Crippen molar-refractivity contribution in [1.82, 2.24) is 9.38 Å². The zero-order valence-electron chi connectivity index (χ0n) is 15.7. The van der Waals surface area contributed by atoms with Crippen molar-refractivity contribution in [1.29, 1.82) is 0 Å². The predicted octanol–water partition coefficient (Wildman–Crippen LogP) is 5.82. The van der Waals surface area contributed by atoms with Gasteiger partial charge < -0.3 is 5.32 Å². The van der Waals surface area contributed by atoms with Crippen LogP contribution in [0.2, 0.25) is 0 Å². The average molecular weight is 353 g/mol. The third kappa shape index (κ3) is 3.77. The molecule has 3 heteroatoms. The van der Waals surface area contributed by atoms with Gasteiger partial charge in [0.25, 0.3) is 0 Å². The topological polar surface area (TPSA) is 29.3 Å². The van der Waals surface area contributed by atoms with E-state index in [-0.39, 0.29) is 0 Å². The third-order valence-electron chi connectivity index (χ3n) is 4.63. The van der Waals surface area contributed by atoms with E-state index in [1.165, 1.54) is 16.7 Å². The molecule has 0 aliphatic heterocycles. The number of aryl methyl sites for hydroxylation is 1. The molecule has 0 atom stereocenters. The Labute approximate surface area is 160 Å². The second kappa shape index (κ2) is 7.50. The summed E-state index contributed by atoms with van der Waals surface area (Å²) in [6.45, 7) is 4.98. The van der Waals surface area contributed by atoms with E-state index >= 15 is 0 Å². The van der Waals surface area contributed by atoms with Crippen molar-refractivity contribution in [3.63, 3.8) is 0 Å². The van der Waals surface area contributed by atoms with Gasteiger partial charge in [-0.05, 0) is 48.3 Å². The summed E-state index contributed by atoms with van der Waals surface area (Å²) in [5.41, 5.74) is 6.71. The lowest BCUT2D eigenvalue weighted by Gasteiger charge is -2.10. The van der Waals surface area contributed by atoms with Crippen LogP contribution in [0.1, 0.15) is 29.3 Å². The summed E-state index contributed by atoms with van der Waals surface area (Å²) in [6, 6.07) is 25.0. The molecule has 0 spiro atoms. The first-order chi connectivity index (χ1) is 13.2. The largest absolute Gasteiger partial charge is 0.365 e. The third-order valence-corrected chi connectivity index (χ3v) is 4.63. The lowest BCUT2D eigenvalue weighted by Crippen LogP contribution is -2.04. The Morgan fingerprint density at radius 3 is 2.41 bits per heavy atom. The molecule has 2 heterocycles. The Morgan fingerprint density at radius 1 is 0.963 bits per heavy atom. The Morgan fingerprint density at radius 2 is 1.67 bits per heavy atom. The van der Waals surface area contributed by atoms with Crippen LogP contribution in [0.5, 0.6) is 0 Å². The predicted molar refractivity (Wildman–Crippen MR) is 114 cm³/mol. The summed E-state index contributed by atoms with van der Waals surface area (Å²) in [4.78, 5) is 4.89. The highest BCUT2D eigenvalue weighted by Gasteiger charge is 2.14. The number of nitrogens with one attached hydrogen (secondary N) is 1. The van der Waals surface area contributed by atoms with Gasteiger partial charge in [0.15, 0.2) is 0 Å². The number of nitrogens with zero attached hydrogens (tertiary/aromatic N) is 2. The summed E-state index contributed by atoms with van der Waals surface area (Å²) in [5.74, 6) is 1.03. The molecule has 1 N–H and O–H groups in total. The first-order valence-corrected chi connectivity index (χ1v) is 9.21. The Hall–Kier alpha value is -3.33. The molecule has 27 heavy (non-hydrogen) atoms. The molecule has 0 fully saturated rings. The second-order valence-corrected chi connectivity index (χ2v) is 6.82. The molecule has 0 saturated carbocycles. The van der Waals surface area contributed by atoms with E-state index in [1.54, 1.807) is 0 Å². The maximum absolute atomic E-state index is 4.89. The fourth-order valence-electron chi connectivity index (χ4n) is 3.24. The van der Waals surface area contributed by atoms with E-state index in [0.29, 0.717) is 0 Å². The number of imidazole rings is 1. The van der Waals surface area contributed by atoms with Crippen molar-refractivity contribution in [3.05, 3.63) is 101 Å². The summed E-state index contributed by atoms with van der Waals surface area (Å²) in [7, 11) is 0. The van der Waals surface area contributed by atoms with Gasteiger partial charge in [-0.2, -0.15) is 0 Å². The normalized spacial score (nSPS) is 11.7. The first-order valence-electron chi connectivity index (χ1n) is 9.21. The number of fused-ring (bicyclic) bond motifs is 1. The molecule has 134 valence electrons. The van der Waals surface area contributed by atoms with Gasteiger partial charge in [0.1, 0.15) is 17.2 Å². The second-order valence-electron chi connectivity index (χ2n) is 6.82. The molecule has 2 aromatic heterocycles. The molecule has 0 radical (unpaired) electrons. The number of aromatic nitrogens is 2. The van der Waals surface area contributed by atoms with Gasteiger partial charge in [-0.25, -0.2) is 4.98 Å². The standard InChI is InChI=1S/C24H23N3/c1-18-13-14-22-26-23(19(2)15-20-9-5-3-6-10-20)24(27(22)17-18)25-16-21-11-7-4-8-12-21/h3-15,17,25H,16H2,1-2H3/b19-15+. The number of hydrogen-bond donors (Lipinski definition) is 1. The average Bonchev–Trinajstić information content (AvgIpc) is 3.06. The van der Waals surface area contributed by atoms with Crippen LogP contribution in [0, 0.1) is 6.92 Å². The zero-order valence-corrected chi connectivity index (χ0v) is 15.7. The zero-order chi connectivity index (χ0) is 18.6. The SMILES string of the molecule is C/C(=C\c1ccccc1)c1nc2ccc(C)cn2c1NCc1ccccc1. The molecule has 4 rings (SSSR count). The molecule has 3 nitrogen and oxygen atoms in total. The van der Waals surface area contributed by atoms with Gasteiger partial charge in [-0.1, -0.05) is 66.7 Å². The summed E-state index contributed by atoms with van der Waals surface area (Å²) in [5, 5.41) is 3.61. The van der Waals surface area contributed by atoms with Crippen molar-refractivity contribution in [2.24, 2.45) is 0 Å². The van der Waals surface area contributed by atoms with E-state index in [1.807, 2.05) is 12.1 Å². The highest BCUT2D eigenvalue weighted by atomic mass is 15.1. The van der Waals surface area contributed by atoms with Crippen molar-refractivity contribution >= 4 is 23.1 Å². The van der Waals surface area contributed by atoms with Gasteiger partial charge >= 0.3 is 0 Å². The highest BCUT2D eigenvalue weighted by molar-refractivity contribution is 5.84. The fraction of sp³-hybridized carbons (Fsp3) is 0.125. The van der Waals surface area contributed by atoms with E-state index in [9.17, 15) is 0 Å². The molecule has 0 saturated heterocycles. The maximum Gasteiger partial charge on any atom is 0.139 e. The Balaban J connectivity index is 1.76. The van der Waals surface area contributed by atoms with Gasteiger partial charge in [-0.15, -0.1) is 0 Å². The summed E-state index contributed by atoms with van der Waals surface area (Å²) < 4.78 is 2.15. The smallest absolute Gasteiger partial charge is 0.139 e. The molecule has 0 amide bonds. The van der Waals surface area contributed by atoms with E-state index < -0.39 is 0 Å². The van der Waals surface area contributed by atoms with Crippen molar-refractivity contribution in [2.45, 2.75) is 20.4 Å². The van der Waals surface area contributed by atoms with Crippen molar-refractivity contribution in [3.8, 4) is 0 Å². The van der Waals surface area contributed by atoms with Crippen LogP contribution in [-0.2, 0) is 6.54 Å². The molecule has 0 aliphatic rings. The van der Waals surface area contributed by atoms with Gasteiger partial charge in [0, 0.05) is 12.7 Å². The minimum absolute atomic E-state index is 0.758. The van der Waals surface area contributed by atoms with Crippen LogP contribution in [0.25, 0.3) is 17.3 Å². The van der Waals surface area contributed by atoms with Crippen LogP contribution in [0.15, 0.2) is 79.0 Å². The first kappa shape index (κ1) is 17.1. The lowest BCUT2D eigenvalue weighted by atomic mass is 10.1. The Kier molecular flexibility index (Phi) is 4.75. The van der Waals surface area contributed by atoms with Crippen molar-refractivity contribution in [2.75, 3.05) is 5.32 Å². The molecular formula is C24H23N3. The number of benzene rings is 2. The maximum atomic E-state index is 4.89. The van der Waals surface area contributed by atoms with Gasteiger partial charge in [0.2, 0.25) is 0 Å². The van der Waals surface area contributed by atoms with Crippen LogP contribution in [0.3, 0.4) is 0 Å². The summed E-state index contributed by atoms with van der Waals surface area (Å²) >= 11 is 0. The monoisotopic (exact) mass is 353 g/mol. The van der Waals surface area contributed by atoms with Gasteiger partial charge in [0.05, 0.1) is 0 Å². The number of hydrogen-bond acceptors (Lipinski definition) is 2. The summed E-state index contributed by atoms with van der Waals surface area (Å²) in [6.07, 6.45) is 4.32. The molecule has 0 bridgehead atoms. The fourth-order valence-corrected chi connectivity index (χ4v) is 3.24. The van der Waals surface area contributed by atoms with Gasteiger partial charge in [-0.3, -0.25) is 4.40 Å². The van der Waals surface area contributed by atoms with Crippen LogP contribution >= 0.6 is 0 Å². The number of pyridine rings is 1. The van der Waals surface area contributed by atoms with E-state index in [4.69, 9.17) is 4.98 Å². The molecule has 2 aromatic carbocycles. The van der Waals surface area contributed by atoms with E-state index in [0.717, 1.165) is 29.3 Å². The highest BCUT2D eigenvalue weighted by Crippen LogP contribution is 2.27.